The molecule has 0 fully saturated rings. The minimum atomic E-state index is -1.02. The summed E-state index contributed by atoms with van der Waals surface area (Å²) in [5.41, 5.74) is 1.32. The molecule has 2 rings (SSSR count). The Bertz CT molecular complexity index is 726. The molecule has 0 aliphatic carbocycles. The predicted octanol–water partition coefficient (Wildman–Crippen LogP) is 0.957. The molecule has 0 spiro atoms. The summed E-state index contributed by atoms with van der Waals surface area (Å²) in [6, 6.07) is 5.57. The molecule has 2 N–H and O–H groups in total. The Morgan fingerprint density at radius 2 is 2.00 bits per heavy atom. The molecule has 1 heterocycles. The Balaban J connectivity index is 1.88. The van der Waals surface area contributed by atoms with Crippen molar-refractivity contribution in [1.82, 2.24) is 15.1 Å². The fourth-order valence-corrected chi connectivity index (χ4v) is 2.16. The summed E-state index contributed by atoms with van der Waals surface area (Å²) >= 11 is 0. The van der Waals surface area contributed by atoms with Gasteiger partial charge in [-0.25, -0.2) is 0 Å². The van der Waals surface area contributed by atoms with Gasteiger partial charge >= 0.3 is 5.97 Å². The van der Waals surface area contributed by atoms with Gasteiger partial charge in [0.1, 0.15) is 6.54 Å². The number of methoxy groups -OCH3 is 2. The Morgan fingerprint density at radius 3 is 2.67 bits per heavy atom. The third-order valence-corrected chi connectivity index (χ3v) is 3.34. The zero-order valence-corrected chi connectivity index (χ0v) is 13.5. The van der Waals surface area contributed by atoms with Crippen molar-refractivity contribution in [3.05, 3.63) is 41.7 Å². The van der Waals surface area contributed by atoms with Crippen LogP contribution in [-0.4, -0.2) is 47.5 Å². The van der Waals surface area contributed by atoms with E-state index in [4.69, 9.17) is 14.6 Å². The molecular weight excluding hydrogens is 314 g/mol. The number of aromatic nitrogens is 2. The highest BCUT2D eigenvalue weighted by Crippen LogP contribution is 2.27. The molecule has 1 aromatic carbocycles. The molecule has 0 saturated carbocycles. The quantitative estimate of drug-likeness (QED) is 0.746. The van der Waals surface area contributed by atoms with Gasteiger partial charge in [0.15, 0.2) is 11.5 Å². The van der Waals surface area contributed by atoms with E-state index in [2.05, 4.69) is 10.4 Å². The summed E-state index contributed by atoms with van der Waals surface area (Å²) in [5, 5.41) is 15.3. The second kappa shape index (κ2) is 8.00. The highest BCUT2D eigenvalue weighted by atomic mass is 16.5. The minimum absolute atomic E-state index is 0.279. The number of nitrogens with one attached hydrogen (secondary N) is 1. The number of hydrogen-bond donors (Lipinski definition) is 2. The standard InChI is InChI=1S/C16H19N3O5/c1-23-13-4-3-11(7-14(13)24-2)5-6-17-16(22)12-8-18-19(9-12)10-15(20)21/h3-4,7-9H,5-6,10H2,1-2H3,(H,17,22)(H,20,21). The molecule has 0 atom stereocenters. The highest BCUT2D eigenvalue weighted by molar-refractivity contribution is 5.93. The normalized spacial score (nSPS) is 10.2. The molecule has 1 aromatic heterocycles. The maximum atomic E-state index is 12.0. The number of aliphatic carboxylic acids is 1. The number of carboxylic acid groups (broad SMARTS) is 1. The number of carbonyl (C=O) groups excluding carboxylic acids is 1. The van der Waals surface area contributed by atoms with Crippen LogP contribution in [0.25, 0.3) is 0 Å². The lowest BCUT2D eigenvalue weighted by Crippen LogP contribution is -2.25. The average molecular weight is 333 g/mol. The molecule has 0 bridgehead atoms. The summed E-state index contributed by atoms with van der Waals surface area (Å²) in [4.78, 5) is 22.6. The van der Waals surface area contributed by atoms with Gasteiger partial charge in [-0.1, -0.05) is 6.07 Å². The molecule has 0 aliphatic heterocycles. The van der Waals surface area contributed by atoms with E-state index in [-0.39, 0.29) is 12.5 Å². The van der Waals surface area contributed by atoms with Gasteiger partial charge in [0.25, 0.3) is 5.91 Å². The van der Waals surface area contributed by atoms with Crippen LogP contribution in [0.3, 0.4) is 0 Å². The van der Waals surface area contributed by atoms with Crippen molar-refractivity contribution >= 4 is 11.9 Å². The van der Waals surface area contributed by atoms with Gasteiger partial charge in [-0.3, -0.25) is 14.3 Å². The number of nitrogens with zero attached hydrogens (tertiary/aromatic N) is 2. The van der Waals surface area contributed by atoms with Crippen molar-refractivity contribution in [3.8, 4) is 11.5 Å². The molecule has 128 valence electrons. The van der Waals surface area contributed by atoms with Gasteiger partial charge in [-0.15, -0.1) is 0 Å². The molecule has 0 saturated heterocycles. The van der Waals surface area contributed by atoms with Crippen molar-refractivity contribution in [2.45, 2.75) is 13.0 Å². The summed E-state index contributed by atoms with van der Waals surface area (Å²) in [5.74, 6) is -0.0296. The van der Waals surface area contributed by atoms with Crippen LogP contribution in [0.2, 0.25) is 0 Å². The molecular formula is C16H19N3O5. The smallest absolute Gasteiger partial charge is 0.325 e. The minimum Gasteiger partial charge on any atom is -0.493 e. The van der Waals surface area contributed by atoms with Crippen LogP contribution in [0.4, 0.5) is 0 Å². The van der Waals surface area contributed by atoms with E-state index >= 15 is 0 Å². The maximum absolute atomic E-state index is 12.0. The van der Waals surface area contributed by atoms with Crippen LogP contribution >= 0.6 is 0 Å². The molecule has 0 unspecified atom stereocenters. The molecule has 1 amide bonds. The molecule has 2 aromatic rings. The van der Waals surface area contributed by atoms with Crippen LogP contribution in [0, 0.1) is 0 Å². The number of hydrogen-bond acceptors (Lipinski definition) is 5. The first kappa shape index (κ1) is 17.3. The first-order valence-electron chi connectivity index (χ1n) is 7.27. The van der Waals surface area contributed by atoms with E-state index in [0.29, 0.717) is 30.0 Å². The van der Waals surface area contributed by atoms with Crippen LogP contribution < -0.4 is 14.8 Å². The zero-order chi connectivity index (χ0) is 17.5. The lowest BCUT2D eigenvalue weighted by molar-refractivity contribution is -0.137. The SMILES string of the molecule is COc1ccc(CCNC(=O)c2cnn(CC(=O)O)c2)cc1OC. The van der Waals surface area contributed by atoms with Crippen LogP contribution in [0.1, 0.15) is 15.9 Å². The largest absolute Gasteiger partial charge is 0.493 e. The van der Waals surface area contributed by atoms with Gasteiger partial charge in [0, 0.05) is 12.7 Å². The van der Waals surface area contributed by atoms with Crippen LogP contribution in [0.5, 0.6) is 11.5 Å². The monoisotopic (exact) mass is 333 g/mol. The number of benzene rings is 1. The maximum Gasteiger partial charge on any atom is 0.325 e. The lowest BCUT2D eigenvalue weighted by atomic mass is 10.1. The van der Waals surface area contributed by atoms with Crippen LogP contribution in [0.15, 0.2) is 30.6 Å². The molecule has 0 aliphatic rings. The molecule has 0 radical (unpaired) electrons. The first-order chi connectivity index (χ1) is 11.5. The summed E-state index contributed by atoms with van der Waals surface area (Å²) in [6.45, 7) is 0.150. The van der Waals surface area contributed by atoms with E-state index in [9.17, 15) is 9.59 Å². The zero-order valence-electron chi connectivity index (χ0n) is 13.5. The third-order valence-electron chi connectivity index (χ3n) is 3.34. The van der Waals surface area contributed by atoms with Crippen LogP contribution in [-0.2, 0) is 17.8 Å². The van der Waals surface area contributed by atoms with Crippen molar-refractivity contribution < 1.29 is 24.2 Å². The third kappa shape index (κ3) is 4.48. The van der Waals surface area contributed by atoms with E-state index in [1.807, 2.05) is 18.2 Å². The van der Waals surface area contributed by atoms with Crippen molar-refractivity contribution in [1.29, 1.82) is 0 Å². The number of carbonyl (C=O) groups is 2. The first-order valence-corrected chi connectivity index (χ1v) is 7.27. The van der Waals surface area contributed by atoms with Crippen molar-refractivity contribution in [3.63, 3.8) is 0 Å². The van der Waals surface area contributed by atoms with E-state index in [1.54, 1.807) is 14.2 Å². The van der Waals surface area contributed by atoms with Gasteiger partial charge < -0.3 is 19.9 Å². The number of amides is 1. The van der Waals surface area contributed by atoms with Gasteiger partial charge in [-0.05, 0) is 24.1 Å². The average Bonchev–Trinajstić information content (AvgIpc) is 3.02. The number of rotatable bonds is 8. The Morgan fingerprint density at radius 1 is 1.25 bits per heavy atom. The topological polar surface area (TPSA) is 103 Å². The van der Waals surface area contributed by atoms with Gasteiger partial charge in [0.05, 0.1) is 26.0 Å². The van der Waals surface area contributed by atoms with E-state index in [1.165, 1.54) is 17.1 Å². The van der Waals surface area contributed by atoms with Gasteiger partial charge in [-0.2, -0.15) is 5.10 Å². The van der Waals surface area contributed by atoms with E-state index in [0.717, 1.165) is 5.56 Å². The fraction of sp³-hybridized carbons (Fsp3) is 0.312. The predicted molar refractivity (Wildman–Crippen MR) is 85.4 cm³/mol. The van der Waals surface area contributed by atoms with Gasteiger partial charge in [0.2, 0.25) is 0 Å². The Kier molecular flexibility index (Phi) is 5.78. The second-order valence-electron chi connectivity index (χ2n) is 5.02. The van der Waals surface area contributed by atoms with Crippen molar-refractivity contribution in [2.24, 2.45) is 0 Å². The molecule has 8 nitrogen and oxygen atoms in total. The summed E-state index contributed by atoms with van der Waals surface area (Å²) < 4.78 is 11.6. The fourth-order valence-electron chi connectivity index (χ4n) is 2.16. The number of carboxylic acids is 1. The summed E-state index contributed by atoms with van der Waals surface area (Å²) in [7, 11) is 3.14. The second-order valence-corrected chi connectivity index (χ2v) is 5.02. The Labute approximate surface area is 139 Å². The Hall–Kier alpha value is -3.03. The lowest BCUT2D eigenvalue weighted by Gasteiger charge is -2.10. The number of ether oxygens (including phenoxy) is 2. The summed E-state index contributed by atoms with van der Waals surface area (Å²) in [6.07, 6.45) is 3.36. The van der Waals surface area contributed by atoms with Crippen molar-refractivity contribution in [2.75, 3.05) is 20.8 Å². The molecule has 24 heavy (non-hydrogen) atoms. The highest BCUT2D eigenvalue weighted by Gasteiger charge is 2.10. The molecule has 8 heteroatoms. The van der Waals surface area contributed by atoms with E-state index < -0.39 is 5.97 Å².